The molecule has 1 aromatic heterocycles. The van der Waals surface area contributed by atoms with Crippen LogP contribution in [0.3, 0.4) is 0 Å². The Labute approximate surface area is 131 Å². The third kappa shape index (κ3) is 3.81. The molecule has 0 spiro atoms. The Kier molecular flexibility index (Phi) is 5.09. The molecular weight excluding hydrogens is 276 g/mol. The molecule has 22 heavy (non-hydrogen) atoms. The molecule has 2 aromatic rings. The zero-order chi connectivity index (χ0) is 16.1. The SMILES string of the molecule is CCN(CC)c1ncc(C(=O)Nc2cc(C)cc(C)c2)cn1. The number of nitrogens with one attached hydrogen (secondary N) is 1. The number of rotatable bonds is 5. The van der Waals surface area contributed by atoms with Gasteiger partial charge >= 0.3 is 0 Å². The lowest BCUT2D eigenvalue weighted by atomic mass is 10.1. The highest BCUT2D eigenvalue weighted by Crippen LogP contribution is 2.15. The van der Waals surface area contributed by atoms with Crippen LogP contribution < -0.4 is 10.2 Å². The van der Waals surface area contributed by atoms with Crippen molar-refractivity contribution in [1.82, 2.24) is 9.97 Å². The Balaban J connectivity index is 2.12. The molecule has 0 fully saturated rings. The zero-order valence-electron chi connectivity index (χ0n) is 13.6. The van der Waals surface area contributed by atoms with Gasteiger partial charge in [-0.3, -0.25) is 4.79 Å². The Morgan fingerprint density at radius 2 is 1.59 bits per heavy atom. The van der Waals surface area contributed by atoms with E-state index < -0.39 is 0 Å². The minimum absolute atomic E-state index is 0.198. The summed E-state index contributed by atoms with van der Waals surface area (Å²) in [6.45, 7) is 9.78. The predicted molar refractivity (Wildman–Crippen MR) is 89.5 cm³/mol. The Hall–Kier alpha value is -2.43. The minimum atomic E-state index is -0.198. The molecule has 0 aliphatic carbocycles. The Morgan fingerprint density at radius 3 is 2.09 bits per heavy atom. The molecular formula is C17H22N4O. The number of aryl methyl sites for hydroxylation is 2. The van der Waals surface area contributed by atoms with E-state index in [1.54, 1.807) is 12.4 Å². The highest BCUT2D eigenvalue weighted by molar-refractivity contribution is 6.04. The summed E-state index contributed by atoms with van der Waals surface area (Å²) in [7, 11) is 0. The molecule has 1 amide bonds. The molecule has 0 aliphatic heterocycles. The summed E-state index contributed by atoms with van der Waals surface area (Å²) in [5.74, 6) is 0.448. The summed E-state index contributed by atoms with van der Waals surface area (Å²) < 4.78 is 0. The van der Waals surface area contributed by atoms with Gasteiger partial charge in [-0.1, -0.05) is 6.07 Å². The molecule has 0 unspecified atom stereocenters. The number of nitrogens with zero attached hydrogens (tertiary/aromatic N) is 3. The van der Waals surface area contributed by atoms with Crippen LogP contribution in [-0.4, -0.2) is 29.0 Å². The molecule has 5 heteroatoms. The van der Waals surface area contributed by atoms with Crippen LogP contribution >= 0.6 is 0 Å². The summed E-state index contributed by atoms with van der Waals surface area (Å²) in [5, 5.41) is 2.88. The van der Waals surface area contributed by atoms with Crippen molar-refractivity contribution in [3.63, 3.8) is 0 Å². The van der Waals surface area contributed by atoms with Crippen molar-refractivity contribution >= 4 is 17.5 Å². The molecule has 0 saturated carbocycles. The van der Waals surface area contributed by atoms with Crippen LogP contribution in [0.2, 0.25) is 0 Å². The van der Waals surface area contributed by atoms with Crippen LogP contribution in [0.15, 0.2) is 30.6 Å². The van der Waals surface area contributed by atoms with Gasteiger partial charge in [0.25, 0.3) is 5.91 Å². The fraction of sp³-hybridized carbons (Fsp3) is 0.353. The number of carbonyl (C=O) groups excluding carboxylic acids is 1. The predicted octanol–water partition coefficient (Wildman–Crippen LogP) is 3.19. The number of hydrogen-bond acceptors (Lipinski definition) is 4. The van der Waals surface area contributed by atoms with Gasteiger partial charge in [-0.15, -0.1) is 0 Å². The second-order valence-corrected chi connectivity index (χ2v) is 5.27. The monoisotopic (exact) mass is 298 g/mol. The third-order valence-corrected chi connectivity index (χ3v) is 3.43. The molecule has 2 rings (SSSR count). The summed E-state index contributed by atoms with van der Waals surface area (Å²) in [6.07, 6.45) is 3.14. The van der Waals surface area contributed by atoms with E-state index in [9.17, 15) is 4.79 Å². The van der Waals surface area contributed by atoms with Gasteiger partial charge < -0.3 is 10.2 Å². The molecule has 116 valence electrons. The number of hydrogen-bond donors (Lipinski definition) is 1. The zero-order valence-corrected chi connectivity index (χ0v) is 13.6. The van der Waals surface area contributed by atoms with Crippen molar-refractivity contribution in [3.8, 4) is 0 Å². The van der Waals surface area contributed by atoms with Gasteiger partial charge in [0.1, 0.15) is 0 Å². The average molecular weight is 298 g/mol. The lowest BCUT2D eigenvalue weighted by Crippen LogP contribution is -2.24. The number of benzene rings is 1. The van der Waals surface area contributed by atoms with Crippen LogP contribution in [0.5, 0.6) is 0 Å². The number of anilines is 2. The van der Waals surface area contributed by atoms with E-state index in [1.807, 2.05) is 44.7 Å². The standard InChI is InChI=1S/C17H22N4O/c1-5-21(6-2)17-18-10-14(11-19-17)16(22)20-15-8-12(3)7-13(4)9-15/h7-11H,5-6H2,1-4H3,(H,20,22). The summed E-state index contributed by atoms with van der Waals surface area (Å²) in [5.41, 5.74) is 3.47. The first-order valence-electron chi connectivity index (χ1n) is 7.50. The van der Waals surface area contributed by atoms with Crippen molar-refractivity contribution in [3.05, 3.63) is 47.3 Å². The Morgan fingerprint density at radius 1 is 1.05 bits per heavy atom. The van der Waals surface area contributed by atoms with Crippen LogP contribution in [0.1, 0.15) is 35.3 Å². The van der Waals surface area contributed by atoms with E-state index in [0.717, 1.165) is 29.9 Å². The smallest absolute Gasteiger partial charge is 0.258 e. The fourth-order valence-electron chi connectivity index (χ4n) is 2.36. The summed E-state index contributed by atoms with van der Waals surface area (Å²) in [6, 6.07) is 5.95. The van der Waals surface area contributed by atoms with Crippen LogP contribution in [-0.2, 0) is 0 Å². The molecule has 1 aromatic carbocycles. The van der Waals surface area contributed by atoms with Crippen molar-refractivity contribution < 1.29 is 4.79 Å². The van der Waals surface area contributed by atoms with Crippen molar-refractivity contribution in [2.75, 3.05) is 23.3 Å². The van der Waals surface area contributed by atoms with E-state index in [2.05, 4.69) is 21.4 Å². The van der Waals surface area contributed by atoms with E-state index in [-0.39, 0.29) is 5.91 Å². The lowest BCUT2D eigenvalue weighted by Gasteiger charge is -2.18. The van der Waals surface area contributed by atoms with Crippen molar-refractivity contribution in [2.24, 2.45) is 0 Å². The van der Waals surface area contributed by atoms with Crippen LogP contribution in [0, 0.1) is 13.8 Å². The van der Waals surface area contributed by atoms with Gasteiger partial charge in [-0.05, 0) is 51.0 Å². The molecule has 0 aliphatic rings. The second-order valence-electron chi connectivity index (χ2n) is 5.27. The fourth-order valence-corrected chi connectivity index (χ4v) is 2.36. The molecule has 5 nitrogen and oxygen atoms in total. The van der Waals surface area contributed by atoms with E-state index in [4.69, 9.17) is 0 Å². The van der Waals surface area contributed by atoms with Gasteiger partial charge in [-0.2, -0.15) is 0 Å². The molecule has 0 bridgehead atoms. The normalized spacial score (nSPS) is 10.4. The highest BCUT2D eigenvalue weighted by Gasteiger charge is 2.10. The molecule has 0 radical (unpaired) electrons. The molecule has 1 N–H and O–H groups in total. The maximum atomic E-state index is 12.3. The first kappa shape index (κ1) is 15.9. The Bertz CT molecular complexity index is 628. The first-order chi connectivity index (χ1) is 10.5. The largest absolute Gasteiger partial charge is 0.341 e. The van der Waals surface area contributed by atoms with Gasteiger partial charge in [-0.25, -0.2) is 9.97 Å². The van der Waals surface area contributed by atoms with E-state index >= 15 is 0 Å². The average Bonchev–Trinajstić information content (AvgIpc) is 2.48. The lowest BCUT2D eigenvalue weighted by molar-refractivity contribution is 0.102. The third-order valence-electron chi connectivity index (χ3n) is 3.43. The van der Waals surface area contributed by atoms with E-state index in [0.29, 0.717) is 11.5 Å². The van der Waals surface area contributed by atoms with Gasteiger partial charge in [0.15, 0.2) is 0 Å². The maximum Gasteiger partial charge on any atom is 0.258 e. The van der Waals surface area contributed by atoms with Gasteiger partial charge in [0.05, 0.1) is 5.56 Å². The molecule has 0 saturated heterocycles. The summed E-state index contributed by atoms with van der Waals surface area (Å²) >= 11 is 0. The molecule has 0 atom stereocenters. The quantitative estimate of drug-likeness (QED) is 0.921. The maximum absolute atomic E-state index is 12.3. The van der Waals surface area contributed by atoms with Gasteiger partial charge in [0, 0.05) is 31.2 Å². The van der Waals surface area contributed by atoms with Crippen LogP contribution in [0.25, 0.3) is 0 Å². The minimum Gasteiger partial charge on any atom is -0.341 e. The summed E-state index contributed by atoms with van der Waals surface area (Å²) in [4.78, 5) is 22.8. The first-order valence-corrected chi connectivity index (χ1v) is 7.50. The van der Waals surface area contributed by atoms with Crippen LogP contribution in [0.4, 0.5) is 11.6 Å². The highest BCUT2D eigenvalue weighted by atomic mass is 16.1. The topological polar surface area (TPSA) is 58.1 Å². The van der Waals surface area contributed by atoms with Crippen molar-refractivity contribution in [2.45, 2.75) is 27.7 Å². The number of aromatic nitrogens is 2. The van der Waals surface area contributed by atoms with E-state index in [1.165, 1.54) is 0 Å². The number of amides is 1. The second kappa shape index (κ2) is 7.02. The van der Waals surface area contributed by atoms with Crippen molar-refractivity contribution in [1.29, 1.82) is 0 Å². The van der Waals surface area contributed by atoms with Gasteiger partial charge in [0.2, 0.25) is 5.95 Å². The number of carbonyl (C=O) groups is 1. The molecule has 1 heterocycles.